The van der Waals surface area contributed by atoms with E-state index in [0.29, 0.717) is 0 Å². The third-order valence-corrected chi connectivity index (χ3v) is 4.01. The summed E-state index contributed by atoms with van der Waals surface area (Å²) >= 11 is 0. The predicted octanol–water partition coefficient (Wildman–Crippen LogP) is 4.15. The summed E-state index contributed by atoms with van der Waals surface area (Å²) in [5.41, 5.74) is 5.33. The van der Waals surface area contributed by atoms with Crippen LogP contribution in [0.2, 0.25) is 0 Å². The molecule has 0 unspecified atom stereocenters. The molecule has 1 N–H and O–H groups in total. The minimum Gasteiger partial charge on any atom is -0.361 e. The van der Waals surface area contributed by atoms with E-state index in [1.165, 1.54) is 27.6 Å². The van der Waals surface area contributed by atoms with E-state index in [0.717, 1.165) is 19.5 Å². The maximum Gasteiger partial charge on any atom is 0.0456 e. The van der Waals surface area contributed by atoms with Gasteiger partial charge in [0, 0.05) is 30.2 Å². The van der Waals surface area contributed by atoms with Crippen LogP contribution in [0.5, 0.6) is 0 Å². The van der Waals surface area contributed by atoms with Crippen molar-refractivity contribution in [3.05, 3.63) is 71.4 Å². The molecular weight excluding hydrogens is 256 g/mol. The lowest BCUT2D eigenvalue weighted by Crippen LogP contribution is -2.20. The van der Waals surface area contributed by atoms with E-state index in [9.17, 15) is 0 Å². The van der Waals surface area contributed by atoms with E-state index in [-0.39, 0.29) is 0 Å². The molecule has 0 fully saturated rings. The zero-order chi connectivity index (χ0) is 14.7. The summed E-state index contributed by atoms with van der Waals surface area (Å²) in [5.74, 6) is 0. The molecule has 108 valence electrons. The van der Waals surface area contributed by atoms with E-state index in [1.54, 1.807) is 0 Å². The van der Waals surface area contributed by atoms with Gasteiger partial charge in [0.25, 0.3) is 0 Å². The first-order valence-electron chi connectivity index (χ1n) is 7.51. The van der Waals surface area contributed by atoms with Gasteiger partial charge in [0.1, 0.15) is 0 Å². The third-order valence-electron chi connectivity index (χ3n) is 4.01. The van der Waals surface area contributed by atoms with Gasteiger partial charge in [-0.1, -0.05) is 48.0 Å². The van der Waals surface area contributed by atoms with E-state index in [4.69, 9.17) is 0 Å². The van der Waals surface area contributed by atoms with E-state index in [2.05, 4.69) is 78.6 Å². The van der Waals surface area contributed by atoms with Crippen LogP contribution < -0.4 is 0 Å². The number of fused-ring (bicyclic) bond motifs is 1. The molecule has 2 heteroatoms. The highest BCUT2D eigenvalue weighted by Gasteiger charge is 2.05. The molecule has 1 heterocycles. The van der Waals surface area contributed by atoms with Gasteiger partial charge in [-0.05, 0) is 37.6 Å². The molecule has 0 spiro atoms. The van der Waals surface area contributed by atoms with Gasteiger partial charge in [0.15, 0.2) is 0 Å². The van der Waals surface area contributed by atoms with Crippen LogP contribution in [-0.4, -0.2) is 23.5 Å². The van der Waals surface area contributed by atoms with Crippen molar-refractivity contribution in [3.63, 3.8) is 0 Å². The number of H-pyrrole nitrogens is 1. The molecule has 0 radical (unpaired) electrons. The molecule has 3 aromatic rings. The molecule has 3 rings (SSSR count). The number of para-hydroxylation sites is 1. The molecular formula is C19H22N2. The summed E-state index contributed by atoms with van der Waals surface area (Å²) < 4.78 is 0. The monoisotopic (exact) mass is 278 g/mol. The number of benzene rings is 2. The normalized spacial score (nSPS) is 11.4. The van der Waals surface area contributed by atoms with Gasteiger partial charge in [0.05, 0.1) is 0 Å². The molecule has 0 saturated carbocycles. The smallest absolute Gasteiger partial charge is 0.0456 e. The number of rotatable bonds is 5. The van der Waals surface area contributed by atoms with Gasteiger partial charge < -0.3 is 9.88 Å². The number of aromatic amines is 1. The summed E-state index contributed by atoms with van der Waals surface area (Å²) in [7, 11) is 2.19. The van der Waals surface area contributed by atoms with Gasteiger partial charge in [0.2, 0.25) is 0 Å². The highest BCUT2D eigenvalue weighted by molar-refractivity contribution is 5.83. The van der Waals surface area contributed by atoms with Crippen LogP contribution in [0.4, 0.5) is 0 Å². The zero-order valence-electron chi connectivity index (χ0n) is 12.8. The fourth-order valence-corrected chi connectivity index (χ4v) is 2.73. The Labute approximate surface area is 126 Å². The standard InChI is InChI=1S/C19H22N2/c1-15-7-9-16(10-8-15)14-21(2)12-11-17-13-20-19-6-4-3-5-18(17)19/h3-10,13,20H,11-12,14H2,1-2H3. The molecule has 21 heavy (non-hydrogen) atoms. The average molecular weight is 278 g/mol. The fraction of sp³-hybridized carbons (Fsp3) is 0.263. The van der Waals surface area contributed by atoms with Crippen molar-refractivity contribution in [2.45, 2.75) is 19.9 Å². The zero-order valence-corrected chi connectivity index (χ0v) is 12.8. The largest absolute Gasteiger partial charge is 0.361 e. The second-order valence-corrected chi connectivity index (χ2v) is 5.83. The number of nitrogens with one attached hydrogen (secondary N) is 1. The average Bonchev–Trinajstić information content (AvgIpc) is 2.91. The SMILES string of the molecule is Cc1ccc(CN(C)CCc2c[nH]c3ccccc23)cc1. The van der Waals surface area contributed by atoms with Crippen molar-refractivity contribution >= 4 is 10.9 Å². The van der Waals surface area contributed by atoms with Crippen LogP contribution in [0, 0.1) is 6.92 Å². The number of aryl methyl sites for hydroxylation is 1. The summed E-state index contributed by atoms with van der Waals surface area (Å²) in [6, 6.07) is 17.3. The van der Waals surface area contributed by atoms with Crippen molar-refractivity contribution in [3.8, 4) is 0 Å². The molecule has 0 amide bonds. The van der Waals surface area contributed by atoms with Gasteiger partial charge in [-0.3, -0.25) is 0 Å². The number of hydrogen-bond acceptors (Lipinski definition) is 1. The Morgan fingerprint density at radius 3 is 2.57 bits per heavy atom. The second kappa shape index (κ2) is 6.15. The van der Waals surface area contributed by atoms with Gasteiger partial charge in [-0.2, -0.15) is 0 Å². The quantitative estimate of drug-likeness (QED) is 0.743. The van der Waals surface area contributed by atoms with Crippen molar-refractivity contribution in [1.29, 1.82) is 0 Å². The van der Waals surface area contributed by atoms with E-state index in [1.807, 2.05) is 0 Å². The highest BCUT2D eigenvalue weighted by atomic mass is 15.1. The molecule has 2 nitrogen and oxygen atoms in total. The molecule has 0 atom stereocenters. The Hall–Kier alpha value is -2.06. The summed E-state index contributed by atoms with van der Waals surface area (Å²) in [5, 5.41) is 1.35. The van der Waals surface area contributed by atoms with Crippen molar-refractivity contribution < 1.29 is 0 Å². The Morgan fingerprint density at radius 2 is 1.76 bits per heavy atom. The highest BCUT2D eigenvalue weighted by Crippen LogP contribution is 2.18. The van der Waals surface area contributed by atoms with Gasteiger partial charge >= 0.3 is 0 Å². The number of likely N-dealkylation sites (N-methyl/N-ethyl adjacent to an activating group) is 1. The minimum atomic E-state index is 1.00. The molecule has 0 aliphatic rings. The van der Waals surface area contributed by atoms with Crippen molar-refractivity contribution in [2.75, 3.05) is 13.6 Å². The van der Waals surface area contributed by atoms with Crippen molar-refractivity contribution in [1.82, 2.24) is 9.88 Å². The van der Waals surface area contributed by atoms with Crippen LogP contribution in [0.1, 0.15) is 16.7 Å². The lowest BCUT2D eigenvalue weighted by atomic mass is 10.1. The Morgan fingerprint density at radius 1 is 1.00 bits per heavy atom. The van der Waals surface area contributed by atoms with Crippen LogP contribution >= 0.6 is 0 Å². The lowest BCUT2D eigenvalue weighted by Gasteiger charge is -2.16. The van der Waals surface area contributed by atoms with Crippen LogP contribution in [0.25, 0.3) is 10.9 Å². The van der Waals surface area contributed by atoms with Gasteiger partial charge in [-0.15, -0.1) is 0 Å². The topological polar surface area (TPSA) is 19.0 Å². The van der Waals surface area contributed by atoms with E-state index < -0.39 is 0 Å². The molecule has 0 aliphatic heterocycles. The Kier molecular flexibility index (Phi) is 4.07. The molecule has 0 saturated heterocycles. The van der Waals surface area contributed by atoms with Crippen molar-refractivity contribution in [2.24, 2.45) is 0 Å². The summed E-state index contributed by atoms with van der Waals surface area (Å²) in [6.07, 6.45) is 3.22. The number of aromatic nitrogens is 1. The Balaban J connectivity index is 1.60. The number of hydrogen-bond donors (Lipinski definition) is 1. The first kappa shape index (κ1) is 13.9. The van der Waals surface area contributed by atoms with Crippen LogP contribution in [-0.2, 0) is 13.0 Å². The second-order valence-electron chi connectivity index (χ2n) is 5.83. The van der Waals surface area contributed by atoms with Crippen LogP contribution in [0.3, 0.4) is 0 Å². The minimum absolute atomic E-state index is 1.00. The predicted molar refractivity (Wildman–Crippen MR) is 89.5 cm³/mol. The fourth-order valence-electron chi connectivity index (χ4n) is 2.73. The summed E-state index contributed by atoms with van der Waals surface area (Å²) in [4.78, 5) is 5.73. The van der Waals surface area contributed by atoms with E-state index >= 15 is 0 Å². The number of nitrogens with zero attached hydrogens (tertiary/aromatic N) is 1. The Bertz CT molecular complexity index is 710. The van der Waals surface area contributed by atoms with Crippen LogP contribution in [0.15, 0.2) is 54.7 Å². The third kappa shape index (κ3) is 3.34. The maximum atomic E-state index is 3.35. The first-order chi connectivity index (χ1) is 10.2. The molecule has 2 aromatic carbocycles. The lowest BCUT2D eigenvalue weighted by molar-refractivity contribution is 0.331. The molecule has 1 aromatic heterocycles. The molecule has 0 bridgehead atoms. The summed E-state index contributed by atoms with van der Waals surface area (Å²) in [6.45, 7) is 4.20. The van der Waals surface area contributed by atoms with Gasteiger partial charge in [-0.25, -0.2) is 0 Å². The molecule has 0 aliphatic carbocycles. The maximum absolute atomic E-state index is 3.35. The first-order valence-corrected chi connectivity index (χ1v) is 7.51.